The van der Waals surface area contributed by atoms with Crippen molar-refractivity contribution in [2.75, 3.05) is 26.7 Å². The summed E-state index contributed by atoms with van der Waals surface area (Å²) in [7, 11) is 2.04. The number of likely N-dealkylation sites (N-methyl/N-ethyl adjacent to an activating group) is 2. The monoisotopic (exact) mass is 214 g/mol. The van der Waals surface area contributed by atoms with Crippen LogP contribution in [0.3, 0.4) is 0 Å². The molecule has 1 rings (SSSR count). The lowest BCUT2D eigenvalue weighted by atomic mass is 9.96. The smallest absolute Gasteiger partial charge is 0.327 e. The number of hydrogen-bond acceptors (Lipinski definition) is 4. The summed E-state index contributed by atoms with van der Waals surface area (Å²) in [5, 5.41) is 3.29. The molecule has 0 aliphatic carbocycles. The molecule has 4 nitrogen and oxygen atoms in total. The summed E-state index contributed by atoms with van der Waals surface area (Å²) in [5.41, 5.74) is -0.487. The van der Waals surface area contributed by atoms with Crippen molar-refractivity contribution in [1.29, 1.82) is 0 Å². The Balaban J connectivity index is 2.76. The second kappa shape index (κ2) is 4.94. The van der Waals surface area contributed by atoms with E-state index in [-0.39, 0.29) is 5.97 Å². The van der Waals surface area contributed by atoms with Crippen LogP contribution in [-0.4, -0.2) is 49.2 Å². The first kappa shape index (κ1) is 12.5. The van der Waals surface area contributed by atoms with Crippen molar-refractivity contribution in [3.05, 3.63) is 0 Å². The second-order valence-corrected chi connectivity index (χ2v) is 4.30. The van der Waals surface area contributed by atoms with Crippen LogP contribution in [0, 0.1) is 0 Å². The van der Waals surface area contributed by atoms with E-state index >= 15 is 0 Å². The molecule has 0 spiro atoms. The van der Waals surface area contributed by atoms with Gasteiger partial charge in [-0.2, -0.15) is 0 Å². The third-order valence-electron chi connectivity index (χ3n) is 3.10. The van der Waals surface area contributed by atoms with Crippen LogP contribution in [-0.2, 0) is 9.53 Å². The Kier molecular flexibility index (Phi) is 4.11. The van der Waals surface area contributed by atoms with Gasteiger partial charge in [0.05, 0.1) is 6.61 Å². The van der Waals surface area contributed by atoms with Gasteiger partial charge in [-0.3, -0.25) is 0 Å². The van der Waals surface area contributed by atoms with E-state index in [9.17, 15) is 4.79 Å². The van der Waals surface area contributed by atoms with E-state index < -0.39 is 5.54 Å². The van der Waals surface area contributed by atoms with Crippen molar-refractivity contribution in [3.8, 4) is 0 Å². The largest absolute Gasteiger partial charge is 0.465 e. The summed E-state index contributed by atoms with van der Waals surface area (Å²) in [4.78, 5) is 14.1. The molecule has 1 heterocycles. The van der Waals surface area contributed by atoms with Crippen molar-refractivity contribution < 1.29 is 9.53 Å². The molecular weight excluding hydrogens is 192 g/mol. The minimum Gasteiger partial charge on any atom is -0.465 e. The third kappa shape index (κ3) is 2.49. The van der Waals surface area contributed by atoms with E-state index in [1.807, 2.05) is 20.9 Å². The average Bonchev–Trinajstić information content (AvgIpc) is 2.45. The Morgan fingerprint density at radius 1 is 1.60 bits per heavy atom. The van der Waals surface area contributed by atoms with E-state index in [1.54, 1.807) is 0 Å². The summed E-state index contributed by atoms with van der Waals surface area (Å²) < 4.78 is 5.15. The Hall–Kier alpha value is -0.610. The maximum Gasteiger partial charge on any atom is 0.327 e. The SMILES string of the molecule is CCNC1(C(=O)OCC)CC(C)N(C)C1. The van der Waals surface area contributed by atoms with Crippen LogP contribution in [0.25, 0.3) is 0 Å². The molecule has 0 aromatic rings. The Labute approximate surface area is 92.0 Å². The number of likely N-dealkylation sites (tertiary alicyclic amines) is 1. The molecule has 1 fully saturated rings. The van der Waals surface area contributed by atoms with Crippen molar-refractivity contribution >= 4 is 5.97 Å². The minimum absolute atomic E-state index is 0.108. The van der Waals surface area contributed by atoms with Crippen molar-refractivity contribution in [3.63, 3.8) is 0 Å². The van der Waals surface area contributed by atoms with Crippen molar-refractivity contribution in [1.82, 2.24) is 10.2 Å². The van der Waals surface area contributed by atoms with Gasteiger partial charge in [0.1, 0.15) is 5.54 Å². The van der Waals surface area contributed by atoms with Crippen LogP contribution in [0.1, 0.15) is 27.2 Å². The molecule has 0 aromatic carbocycles. The lowest BCUT2D eigenvalue weighted by Gasteiger charge is -2.27. The number of esters is 1. The molecule has 1 aliphatic heterocycles. The van der Waals surface area contributed by atoms with E-state index in [2.05, 4.69) is 17.1 Å². The predicted octanol–water partition coefficient (Wildman–Crippen LogP) is 0.622. The second-order valence-electron chi connectivity index (χ2n) is 4.30. The molecule has 0 radical (unpaired) electrons. The van der Waals surface area contributed by atoms with E-state index in [0.29, 0.717) is 12.6 Å². The summed E-state index contributed by atoms with van der Waals surface area (Å²) in [6.45, 7) is 7.98. The van der Waals surface area contributed by atoms with Crippen LogP contribution in [0.2, 0.25) is 0 Å². The third-order valence-corrected chi connectivity index (χ3v) is 3.10. The predicted molar refractivity (Wildman–Crippen MR) is 59.7 cm³/mol. The van der Waals surface area contributed by atoms with Crippen molar-refractivity contribution in [2.45, 2.75) is 38.8 Å². The maximum absolute atomic E-state index is 11.9. The van der Waals surface area contributed by atoms with Gasteiger partial charge in [0.15, 0.2) is 0 Å². The number of carbonyl (C=O) groups excluding carboxylic acids is 1. The molecule has 1 N–H and O–H groups in total. The highest BCUT2D eigenvalue weighted by atomic mass is 16.5. The van der Waals surface area contributed by atoms with Gasteiger partial charge < -0.3 is 15.0 Å². The fourth-order valence-electron chi connectivity index (χ4n) is 2.26. The summed E-state index contributed by atoms with van der Waals surface area (Å²) in [6, 6.07) is 0.424. The van der Waals surface area contributed by atoms with E-state index in [1.165, 1.54) is 0 Å². The zero-order valence-electron chi connectivity index (χ0n) is 10.2. The van der Waals surface area contributed by atoms with Crippen LogP contribution in [0.15, 0.2) is 0 Å². The molecule has 0 aromatic heterocycles. The van der Waals surface area contributed by atoms with Gasteiger partial charge in [0.25, 0.3) is 0 Å². The number of carbonyl (C=O) groups is 1. The number of nitrogens with zero attached hydrogens (tertiary/aromatic N) is 1. The number of nitrogens with one attached hydrogen (secondary N) is 1. The molecule has 1 saturated heterocycles. The van der Waals surface area contributed by atoms with Crippen LogP contribution < -0.4 is 5.32 Å². The molecule has 0 bridgehead atoms. The van der Waals surface area contributed by atoms with Crippen molar-refractivity contribution in [2.24, 2.45) is 0 Å². The Bertz CT molecular complexity index is 221. The van der Waals surface area contributed by atoms with Gasteiger partial charge in [-0.15, -0.1) is 0 Å². The van der Waals surface area contributed by atoms with Gasteiger partial charge in [-0.25, -0.2) is 4.79 Å². The molecule has 0 saturated carbocycles. The molecule has 2 atom stereocenters. The number of hydrogen-bond donors (Lipinski definition) is 1. The maximum atomic E-state index is 11.9. The topological polar surface area (TPSA) is 41.6 Å². The van der Waals surface area contributed by atoms with Crippen LogP contribution >= 0.6 is 0 Å². The van der Waals surface area contributed by atoms with Gasteiger partial charge >= 0.3 is 5.97 Å². The highest BCUT2D eigenvalue weighted by molar-refractivity contribution is 5.81. The average molecular weight is 214 g/mol. The Morgan fingerprint density at radius 3 is 2.67 bits per heavy atom. The summed E-state index contributed by atoms with van der Waals surface area (Å²) in [6.07, 6.45) is 0.830. The Morgan fingerprint density at radius 2 is 2.27 bits per heavy atom. The zero-order valence-corrected chi connectivity index (χ0v) is 10.2. The quantitative estimate of drug-likeness (QED) is 0.697. The van der Waals surface area contributed by atoms with Gasteiger partial charge in [-0.05, 0) is 33.9 Å². The first-order chi connectivity index (χ1) is 7.05. The first-order valence-electron chi connectivity index (χ1n) is 5.68. The van der Waals surface area contributed by atoms with Gasteiger partial charge in [0.2, 0.25) is 0 Å². The first-order valence-corrected chi connectivity index (χ1v) is 5.68. The molecule has 4 heteroatoms. The van der Waals surface area contributed by atoms with Crippen LogP contribution in [0.5, 0.6) is 0 Å². The lowest BCUT2D eigenvalue weighted by molar-refractivity contribution is -0.150. The minimum atomic E-state index is -0.487. The highest BCUT2D eigenvalue weighted by Gasteiger charge is 2.47. The lowest BCUT2D eigenvalue weighted by Crippen LogP contribution is -2.54. The van der Waals surface area contributed by atoms with E-state index in [4.69, 9.17) is 4.74 Å². The normalized spacial score (nSPS) is 31.9. The molecule has 15 heavy (non-hydrogen) atoms. The molecule has 0 amide bonds. The molecule has 88 valence electrons. The van der Waals surface area contributed by atoms with E-state index in [0.717, 1.165) is 19.5 Å². The zero-order chi connectivity index (χ0) is 11.5. The molecule has 1 aliphatic rings. The molecular formula is C11H22N2O2. The summed E-state index contributed by atoms with van der Waals surface area (Å²) in [5.74, 6) is -0.108. The number of ether oxygens (including phenoxy) is 1. The summed E-state index contributed by atoms with van der Waals surface area (Å²) >= 11 is 0. The highest BCUT2D eigenvalue weighted by Crippen LogP contribution is 2.26. The standard InChI is InChI=1S/C11H22N2O2/c1-5-12-11(10(14)15-6-2)7-9(3)13(4)8-11/h9,12H,5-8H2,1-4H3. The number of rotatable bonds is 4. The molecule has 2 unspecified atom stereocenters. The van der Waals surface area contributed by atoms with Gasteiger partial charge in [-0.1, -0.05) is 6.92 Å². The van der Waals surface area contributed by atoms with Gasteiger partial charge in [0, 0.05) is 12.6 Å². The fraction of sp³-hybridized carbons (Fsp3) is 0.909. The van der Waals surface area contributed by atoms with Crippen LogP contribution in [0.4, 0.5) is 0 Å². The fourth-order valence-corrected chi connectivity index (χ4v) is 2.26.